The van der Waals surface area contributed by atoms with Crippen LogP contribution in [0.2, 0.25) is 0 Å². The number of rotatable bonds is 2. The third-order valence-electron chi connectivity index (χ3n) is 5.19. The third kappa shape index (κ3) is 3.81. The molecule has 29 heavy (non-hydrogen) atoms. The van der Waals surface area contributed by atoms with Gasteiger partial charge in [0, 0.05) is 32.4 Å². The summed E-state index contributed by atoms with van der Waals surface area (Å²) in [5.74, 6) is -1.54. The molecule has 1 aromatic carbocycles. The lowest BCUT2D eigenvalue weighted by molar-refractivity contribution is 0.0694. The highest BCUT2D eigenvalue weighted by Gasteiger charge is 2.30. The van der Waals surface area contributed by atoms with Gasteiger partial charge in [-0.25, -0.2) is 9.18 Å². The van der Waals surface area contributed by atoms with Gasteiger partial charge >= 0.3 is 5.97 Å². The van der Waals surface area contributed by atoms with Crippen LogP contribution in [0.25, 0.3) is 10.9 Å². The summed E-state index contributed by atoms with van der Waals surface area (Å²) in [5, 5.41) is 9.36. The lowest BCUT2D eigenvalue weighted by Crippen LogP contribution is -2.45. The molecule has 158 valence electrons. The van der Waals surface area contributed by atoms with Crippen molar-refractivity contribution in [2.24, 2.45) is 0 Å². The standard InChI is InChI=1S/C18H20FN3O4.C3H8/c1-10-9-26-17-14-11(16(23)12(18(24)25)8-22(10)14)7-13(19)15(17)21-5-3-20(2)4-6-21;1-3-2/h7-8,10H,3-6,9H2,1-2H3,(H,24,25);3H2,1-2H3/t10-;/m0./s1. The van der Waals surface area contributed by atoms with Gasteiger partial charge in [-0.15, -0.1) is 0 Å². The van der Waals surface area contributed by atoms with Crippen molar-refractivity contribution in [2.45, 2.75) is 33.2 Å². The van der Waals surface area contributed by atoms with Crippen molar-refractivity contribution in [1.29, 1.82) is 0 Å². The van der Waals surface area contributed by atoms with E-state index in [2.05, 4.69) is 18.7 Å². The first-order chi connectivity index (χ1) is 13.8. The predicted octanol–water partition coefficient (Wildman–Crippen LogP) is 2.96. The summed E-state index contributed by atoms with van der Waals surface area (Å²) in [6, 6.07) is 0.994. The molecule has 0 amide bonds. The molecule has 2 aliphatic rings. The van der Waals surface area contributed by atoms with Crippen molar-refractivity contribution >= 4 is 22.6 Å². The van der Waals surface area contributed by atoms with E-state index in [1.807, 2.05) is 18.9 Å². The zero-order valence-corrected chi connectivity index (χ0v) is 17.4. The average molecular weight is 405 g/mol. The first-order valence-corrected chi connectivity index (χ1v) is 10.0. The van der Waals surface area contributed by atoms with E-state index >= 15 is 0 Å². The van der Waals surface area contributed by atoms with Gasteiger partial charge in [-0.2, -0.15) is 0 Å². The first-order valence-electron chi connectivity index (χ1n) is 10.0. The largest absolute Gasteiger partial charge is 0.487 e. The van der Waals surface area contributed by atoms with Crippen LogP contribution >= 0.6 is 0 Å². The summed E-state index contributed by atoms with van der Waals surface area (Å²) >= 11 is 0. The van der Waals surface area contributed by atoms with Gasteiger partial charge in [-0.3, -0.25) is 4.79 Å². The average Bonchev–Trinajstić information content (AvgIpc) is 2.67. The van der Waals surface area contributed by atoms with Gasteiger partial charge < -0.3 is 24.2 Å². The molecule has 8 heteroatoms. The lowest BCUT2D eigenvalue weighted by atomic mass is 10.1. The normalized spacial score (nSPS) is 18.8. The van der Waals surface area contributed by atoms with Gasteiger partial charge in [-0.1, -0.05) is 20.3 Å². The Bertz CT molecular complexity index is 980. The number of piperazine rings is 1. The minimum atomic E-state index is -1.32. The molecule has 4 rings (SSSR count). The summed E-state index contributed by atoms with van der Waals surface area (Å²) in [6.07, 6.45) is 2.59. The second-order valence-corrected chi connectivity index (χ2v) is 7.67. The summed E-state index contributed by atoms with van der Waals surface area (Å²) < 4.78 is 22.6. The van der Waals surface area contributed by atoms with Crippen molar-refractivity contribution in [3.8, 4) is 5.75 Å². The topological polar surface area (TPSA) is 75.0 Å². The number of aromatic nitrogens is 1. The maximum absolute atomic E-state index is 15.0. The number of likely N-dealkylation sites (N-methyl/N-ethyl adjacent to an activating group) is 1. The van der Waals surface area contributed by atoms with Crippen LogP contribution in [0.5, 0.6) is 5.75 Å². The third-order valence-corrected chi connectivity index (χ3v) is 5.19. The smallest absolute Gasteiger partial charge is 0.341 e. The maximum atomic E-state index is 15.0. The molecule has 1 N–H and O–H groups in total. The predicted molar refractivity (Wildman–Crippen MR) is 111 cm³/mol. The van der Waals surface area contributed by atoms with E-state index in [4.69, 9.17) is 4.74 Å². The highest BCUT2D eigenvalue weighted by atomic mass is 19.1. The number of benzene rings is 1. The fraction of sp³-hybridized carbons (Fsp3) is 0.524. The van der Waals surface area contributed by atoms with Crippen LogP contribution in [0.3, 0.4) is 0 Å². The molecule has 0 unspecified atom stereocenters. The van der Waals surface area contributed by atoms with E-state index in [0.717, 1.165) is 19.2 Å². The highest BCUT2D eigenvalue weighted by molar-refractivity contribution is 5.97. The van der Waals surface area contributed by atoms with Crippen LogP contribution in [0.1, 0.15) is 43.6 Å². The Kier molecular flexibility index (Phi) is 6.12. The summed E-state index contributed by atoms with van der Waals surface area (Å²) in [7, 11) is 2.02. The molecule has 1 aromatic heterocycles. The summed E-state index contributed by atoms with van der Waals surface area (Å²) in [6.45, 7) is 9.33. The quantitative estimate of drug-likeness (QED) is 0.828. The van der Waals surface area contributed by atoms with Crippen molar-refractivity contribution < 1.29 is 19.0 Å². The minimum Gasteiger partial charge on any atom is -0.487 e. The van der Waals surface area contributed by atoms with Gasteiger partial charge in [0.1, 0.15) is 17.9 Å². The van der Waals surface area contributed by atoms with Crippen LogP contribution in [-0.2, 0) is 0 Å². The van der Waals surface area contributed by atoms with Gasteiger partial charge in [0.2, 0.25) is 5.43 Å². The van der Waals surface area contributed by atoms with Crippen molar-refractivity contribution in [1.82, 2.24) is 9.47 Å². The Morgan fingerprint density at radius 1 is 1.28 bits per heavy atom. The molecule has 7 nitrogen and oxygen atoms in total. The van der Waals surface area contributed by atoms with Gasteiger partial charge in [-0.05, 0) is 20.0 Å². The van der Waals surface area contributed by atoms with Crippen molar-refractivity contribution in [2.75, 3.05) is 44.7 Å². The molecule has 2 aromatic rings. The van der Waals surface area contributed by atoms with E-state index in [-0.39, 0.29) is 23.6 Å². The molecule has 0 aliphatic carbocycles. The van der Waals surface area contributed by atoms with E-state index in [9.17, 15) is 19.1 Å². The molecular formula is C21H28FN3O4. The second-order valence-electron chi connectivity index (χ2n) is 7.67. The Labute approximate surface area is 169 Å². The minimum absolute atomic E-state index is 0.0434. The Balaban J connectivity index is 0.000000755. The van der Waals surface area contributed by atoms with Gasteiger partial charge in [0.25, 0.3) is 0 Å². The van der Waals surface area contributed by atoms with Crippen LogP contribution in [0.4, 0.5) is 10.1 Å². The van der Waals surface area contributed by atoms with Gasteiger partial charge in [0.15, 0.2) is 11.6 Å². The molecule has 0 saturated carbocycles. The van der Waals surface area contributed by atoms with Crippen molar-refractivity contribution in [3.05, 3.63) is 33.9 Å². The lowest BCUT2D eigenvalue weighted by Gasteiger charge is -2.37. The molecule has 1 fully saturated rings. The van der Waals surface area contributed by atoms with Crippen LogP contribution < -0.4 is 15.1 Å². The molecule has 3 heterocycles. The van der Waals surface area contributed by atoms with Crippen LogP contribution in [0.15, 0.2) is 17.1 Å². The Hall–Kier alpha value is -2.61. The van der Waals surface area contributed by atoms with Crippen molar-refractivity contribution in [3.63, 3.8) is 0 Å². The number of carbonyl (C=O) groups is 1. The number of halogens is 1. The Morgan fingerprint density at radius 3 is 2.48 bits per heavy atom. The number of hydrogen-bond donors (Lipinski definition) is 1. The number of carboxylic acids is 1. The fourth-order valence-corrected chi connectivity index (χ4v) is 3.69. The SMILES string of the molecule is CCC.C[C@H]1COc2c(N3CCN(C)CC3)c(F)cc3c(=O)c(C(=O)O)cn1c23. The zero-order chi connectivity index (χ0) is 21.3. The fourth-order valence-electron chi connectivity index (χ4n) is 3.69. The summed E-state index contributed by atoms with van der Waals surface area (Å²) in [4.78, 5) is 28.1. The molecule has 0 radical (unpaired) electrons. The molecule has 0 bridgehead atoms. The Morgan fingerprint density at radius 2 is 1.90 bits per heavy atom. The molecule has 0 spiro atoms. The molecule has 1 saturated heterocycles. The number of pyridine rings is 1. The second kappa shape index (κ2) is 8.41. The molecule has 2 aliphatic heterocycles. The van der Waals surface area contributed by atoms with E-state index < -0.39 is 17.2 Å². The molecule has 1 atom stereocenters. The van der Waals surface area contributed by atoms with E-state index in [1.165, 1.54) is 12.6 Å². The number of ether oxygens (including phenoxy) is 1. The number of nitrogens with zero attached hydrogens (tertiary/aromatic N) is 3. The zero-order valence-electron chi connectivity index (χ0n) is 17.4. The first kappa shape index (κ1) is 21.1. The van der Waals surface area contributed by atoms with Crippen LogP contribution in [-0.4, -0.2) is 60.4 Å². The maximum Gasteiger partial charge on any atom is 0.341 e. The van der Waals surface area contributed by atoms with E-state index in [1.54, 1.807) is 4.57 Å². The number of aromatic carboxylic acids is 1. The van der Waals surface area contributed by atoms with Crippen LogP contribution in [0, 0.1) is 5.82 Å². The number of hydrogen-bond acceptors (Lipinski definition) is 5. The summed E-state index contributed by atoms with van der Waals surface area (Å²) in [5.41, 5.74) is -0.224. The highest BCUT2D eigenvalue weighted by Crippen LogP contribution is 2.42. The molecular weight excluding hydrogens is 377 g/mol. The van der Waals surface area contributed by atoms with Gasteiger partial charge in [0.05, 0.1) is 16.9 Å². The number of anilines is 1. The monoisotopic (exact) mass is 405 g/mol. The van der Waals surface area contributed by atoms with E-state index in [0.29, 0.717) is 30.0 Å². The number of carboxylic acid groups (broad SMARTS) is 1.